The van der Waals surface area contributed by atoms with Gasteiger partial charge in [0.1, 0.15) is 5.56 Å². The minimum Gasteiger partial charge on any atom is -0.481 e. The van der Waals surface area contributed by atoms with Crippen LogP contribution in [0, 0.1) is 12.8 Å². The molecular formula is C16H18N2O4. The number of rotatable bonds is 4. The van der Waals surface area contributed by atoms with Crippen LogP contribution in [0.3, 0.4) is 0 Å². The molecule has 1 amide bonds. The second-order valence-electron chi connectivity index (χ2n) is 5.42. The molecule has 0 spiro atoms. The Morgan fingerprint density at radius 2 is 1.95 bits per heavy atom. The molecule has 1 unspecified atom stereocenters. The Morgan fingerprint density at radius 3 is 2.59 bits per heavy atom. The molecule has 1 heterocycles. The van der Waals surface area contributed by atoms with Crippen molar-refractivity contribution in [1.82, 2.24) is 9.88 Å². The van der Waals surface area contributed by atoms with Crippen molar-refractivity contribution in [3.63, 3.8) is 0 Å². The quantitative estimate of drug-likeness (QED) is 0.898. The van der Waals surface area contributed by atoms with E-state index in [1.165, 1.54) is 18.9 Å². The molecule has 0 aliphatic heterocycles. The van der Waals surface area contributed by atoms with Gasteiger partial charge < -0.3 is 15.0 Å². The van der Waals surface area contributed by atoms with E-state index in [9.17, 15) is 14.4 Å². The van der Waals surface area contributed by atoms with Gasteiger partial charge in [0, 0.05) is 24.5 Å². The van der Waals surface area contributed by atoms with Crippen molar-refractivity contribution in [3.8, 4) is 0 Å². The third kappa shape index (κ3) is 2.86. The molecule has 0 fully saturated rings. The summed E-state index contributed by atoms with van der Waals surface area (Å²) in [7, 11) is 1.50. The topological polar surface area (TPSA) is 90.5 Å². The Morgan fingerprint density at radius 1 is 1.32 bits per heavy atom. The van der Waals surface area contributed by atoms with E-state index >= 15 is 0 Å². The van der Waals surface area contributed by atoms with E-state index in [0.29, 0.717) is 11.1 Å². The van der Waals surface area contributed by atoms with E-state index in [2.05, 4.69) is 4.98 Å². The molecule has 0 saturated carbocycles. The number of hydrogen-bond acceptors (Lipinski definition) is 3. The summed E-state index contributed by atoms with van der Waals surface area (Å²) in [6, 6.07) is 7.24. The lowest BCUT2D eigenvalue weighted by molar-refractivity contribution is -0.141. The fraction of sp³-hybridized carbons (Fsp3) is 0.312. The number of fused-ring (bicyclic) bond motifs is 1. The second-order valence-corrected chi connectivity index (χ2v) is 5.42. The molecule has 0 aliphatic rings. The monoisotopic (exact) mass is 302 g/mol. The summed E-state index contributed by atoms with van der Waals surface area (Å²) in [5.41, 5.74) is 0.858. The van der Waals surface area contributed by atoms with Gasteiger partial charge in [-0.1, -0.05) is 25.1 Å². The molecule has 116 valence electrons. The molecule has 1 aromatic heterocycles. The first-order valence-electron chi connectivity index (χ1n) is 6.92. The Labute approximate surface area is 127 Å². The minimum absolute atomic E-state index is 0.0415. The first kappa shape index (κ1) is 15.8. The molecule has 2 N–H and O–H groups in total. The average Bonchev–Trinajstić information content (AvgIpc) is 2.46. The van der Waals surface area contributed by atoms with Crippen molar-refractivity contribution < 1.29 is 14.7 Å². The lowest BCUT2D eigenvalue weighted by Gasteiger charge is -2.20. The minimum atomic E-state index is -0.983. The average molecular weight is 302 g/mol. The zero-order valence-corrected chi connectivity index (χ0v) is 12.7. The number of nitrogens with one attached hydrogen (secondary N) is 1. The number of pyridine rings is 1. The highest BCUT2D eigenvalue weighted by atomic mass is 16.4. The summed E-state index contributed by atoms with van der Waals surface area (Å²) in [6.07, 6.45) is 0. The Hall–Kier alpha value is -2.63. The van der Waals surface area contributed by atoms with Crippen LogP contribution in [0.1, 0.15) is 22.8 Å². The number of amides is 1. The van der Waals surface area contributed by atoms with Gasteiger partial charge in [-0.2, -0.15) is 0 Å². The number of carbonyl (C=O) groups is 2. The zero-order valence-electron chi connectivity index (χ0n) is 12.7. The molecule has 1 atom stereocenters. The Bertz CT molecular complexity index is 794. The van der Waals surface area contributed by atoms with Crippen LogP contribution in [0.5, 0.6) is 0 Å². The van der Waals surface area contributed by atoms with E-state index < -0.39 is 23.4 Å². The number of aromatic amines is 1. The third-order valence-corrected chi connectivity index (χ3v) is 3.71. The van der Waals surface area contributed by atoms with Crippen LogP contribution < -0.4 is 5.56 Å². The molecule has 2 rings (SSSR count). The SMILES string of the molecule is Cc1c(C(=O)N(C)CC(C)C(=O)O)c(=O)[nH]c2ccccc12. The van der Waals surface area contributed by atoms with Crippen molar-refractivity contribution >= 4 is 22.8 Å². The largest absolute Gasteiger partial charge is 0.481 e. The summed E-state index contributed by atoms with van der Waals surface area (Å²) in [4.78, 5) is 39.6. The fourth-order valence-electron chi connectivity index (χ4n) is 2.43. The van der Waals surface area contributed by atoms with E-state index in [1.807, 2.05) is 12.1 Å². The van der Waals surface area contributed by atoms with Crippen LogP contribution in [0.25, 0.3) is 10.9 Å². The molecule has 0 saturated heterocycles. The molecule has 6 nitrogen and oxygen atoms in total. The van der Waals surface area contributed by atoms with Crippen molar-refractivity contribution in [2.24, 2.45) is 5.92 Å². The number of aromatic nitrogens is 1. The number of H-pyrrole nitrogens is 1. The maximum Gasteiger partial charge on any atom is 0.308 e. The van der Waals surface area contributed by atoms with Crippen LogP contribution in [0.2, 0.25) is 0 Å². The highest BCUT2D eigenvalue weighted by Gasteiger charge is 2.23. The van der Waals surface area contributed by atoms with Gasteiger partial charge in [0.15, 0.2) is 0 Å². The van der Waals surface area contributed by atoms with Gasteiger partial charge in [-0.15, -0.1) is 0 Å². The molecule has 0 radical (unpaired) electrons. The number of carbonyl (C=O) groups excluding carboxylic acids is 1. The van der Waals surface area contributed by atoms with E-state index in [-0.39, 0.29) is 12.1 Å². The fourth-order valence-corrected chi connectivity index (χ4v) is 2.43. The van der Waals surface area contributed by atoms with Crippen LogP contribution in [-0.4, -0.2) is 40.5 Å². The summed E-state index contributed by atoms with van der Waals surface area (Å²) in [5, 5.41) is 9.72. The van der Waals surface area contributed by atoms with Gasteiger partial charge in [-0.05, 0) is 18.6 Å². The molecule has 0 bridgehead atoms. The van der Waals surface area contributed by atoms with Gasteiger partial charge in [-0.3, -0.25) is 14.4 Å². The van der Waals surface area contributed by atoms with Crippen LogP contribution in [-0.2, 0) is 4.79 Å². The van der Waals surface area contributed by atoms with Crippen LogP contribution >= 0.6 is 0 Å². The predicted molar refractivity (Wildman–Crippen MR) is 83.1 cm³/mol. The number of aryl methyl sites for hydroxylation is 1. The zero-order chi connectivity index (χ0) is 16.4. The van der Waals surface area contributed by atoms with Gasteiger partial charge >= 0.3 is 5.97 Å². The van der Waals surface area contributed by atoms with Crippen LogP contribution in [0.4, 0.5) is 0 Å². The number of benzene rings is 1. The number of nitrogens with zero attached hydrogens (tertiary/aromatic N) is 1. The molecule has 6 heteroatoms. The van der Waals surface area contributed by atoms with E-state index in [1.54, 1.807) is 19.1 Å². The normalized spacial score (nSPS) is 12.1. The van der Waals surface area contributed by atoms with Crippen molar-refractivity contribution in [3.05, 3.63) is 45.7 Å². The molecular weight excluding hydrogens is 284 g/mol. The van der Waals surface area contributed by atoms with Gasteiger partial charge in [0.05, 0.1) is 5.92 Å². The maximum absolute atomic E-state index is 12.5. The predicted octanol–water partition coefficient (Wildman–Crippen LogP) is 1.63. The van der Waals surface area contributed by atoms with Crippen LogP contribution in [0.15, 0.2) is 29.1 Å². The number of aliphatic carboxylic acids is 1. The van der Waals surface area contributed by atoms with Crippen molar-refractivity contribution in [2.45, 2.75) is 13.8 Å². The summed E-state index contributed by atoms with van der Waals surface area (Å²) >= 11 is 0. The summed E-state index contributed by atoms with van der Waals surface area (Å²) < 4.78 is 0. The number of carboxylic acid groups (broad SMARTS) is 1. The number of carboxylic acids is 1. The van der Waals surface area contributed by atoms with Crippen molar-refractivity contribution in [2.75, 3.05) is 13.6 Å². The Balaban J connectivity index is 2.44. The van der Waals surface area contributed by atoms with Gasteiger partial charge in [0.25, 0.3) is 11.5 Å². The maximum atomic E-state index is 12.5. The molecule has 22 heavy (non-hydrogen) atoms. The summed E-state index contributed by atoms with van der Waals surface area (Å²) in [5.74, 6) is -2.16. The van der Waals surface area contributed by atoms with E-state index in [4.69, 9.17) is 5.11 Å². The molecule has 0 aliphatic carbocycles. The van der Waals surface area contributed by atoms with Crippen molar-refractivity contribution in [1.29, 1.82) is 0 Å². The first-order chi connectivity index (χ1) is 10.3. The standard InChI is InChI=1S/C16H18N2O4/c1-9(16(21)22)8-18(3)15(20)13-10(2)11-6-4-5-7-12(11)17-14(13)19/h4-7,9H,8H2,1-3H3,(H,17,19)(H,21,22). The van der Waals surface area contributed by atoms with E-state index in [0.717, 1.165) is 5.39 Å². The first-order valence-corrected chi connectivity index (χ1v) is 6.92. The number of hydrogen-bond donors (Lipinski definition) is 2. The summed E-state index contributed by atoms with van der Waals surface area (Å²) in [6.45, 7) is 3.28. The lowest BCUT2D eigenvalue weighted by atomic mass is 10.0. The highest BCUT2D eigenvalue weighted by molar-refractivity contribution is 5.99. The molecule has 1 aromatic carbocycles. The smallest absolute Gasteiger partial charge is 0.308 e. The van der Waals surface area contributed by atoms with Gasteiger partial charge in [-0.25, -0.2) is 0 Å². The molecule has 2 aromatic rings. The second kappa shape index (κ2) is 6.01. The number of para-hydroxylation sites is 1. The lowest BCUT2D eigenvalue weighted by Crippen LogP contribution is -2.37. The van der Waals surface area contributed by atoms with Gasteiger partial charge in [0.2, 0.25) is 0 Å². The Kier molecular flexibility index (Phi) is 4.30. The third-order valence-electron chi connectivity index (χ3n) is 3.71. The highest BCUT2D eigenvalue weighted by Crippen LogP contribution is 2.18.